The van der Waals surface area contributed by atoms with Crippen LogP contribution >= 0.6 is 0 Å². The molecule has 0 saturated carbocycles. The van der Waals surface area contributed by atoms with Crippen molar-refractivity contribution in [1.29, 1.82) is 0 Å². The van der Waals surface area contributed by atoms with Gasteiger partial charge >= 0.3 is 0 Å². The van der Waals surface area contributed by atoms with Crippen molar-refractivity contribution in [2.45, 2.75) is 33.9 Å². The van der Waals surface area contributed by atoms with Gasteiger partial charge in [0.25, 0.3) is 0 Å². The second-order valence-electron chi connectivity index (χ2n) is 4.29. The van der Waals surface area contributed by atoms with Gasteiger partial charge in [-0.05, 0) is 44.0 Å². The largest absolute Gasteiger partial charge is 0.379 e. The number of hydrogen-bond donors (Lipinski definition) is 1. The van der Waals surface area contributed by atoms with E-state index >= 15 is 0 Å². The van der Waals surface area contributed by atoms with E-state index in [4.69, 9.17) is 0 Å². The highest BCUT2D eigenvalue weighted by molar-refractivity contribution is 5.53. The van der Waals surface area contributed by atoms with E-state index in [1.54, 1.807) is 0 Å². The molecule has 0 aliphatic heterocycles. The molecule has 90 valence electrons. The molecule has 3 heteroatoms. The average Bonchev–Trinajstić information content (AvgIpc) is 2.76. The first-order chi connectivity index (χ1) is 8.20. The maximum Gasteiger partial charge on any atom is 0.0606 e. The van der Waals surface area contributed by atoms with E-state index in [2.05, 4.69) is 47.2 Å². The molecule has 0 spiro atoms. The predicted molar refractivity (Wildman–Crippen MR) is 71.1 cm³/mol. The Morgan fingerprint density at radius 3 is 2.76 bits per heavy atom. The molecular weight excluding hydrogens is 210 g/mol. The van der Waals surface area contributed by atoms with Crippen LogP contribution in [0.5, 0.6) is 0 Å². The van der Waals surface area contributed by atoms with Gasteiger partial charge in [0.2, 0.25) is 0 Å². The van der Waals surface area contributed by atoms with Crippen molar-refractivity contribution in [2.24, 2.45) is 0 Å². The monoisotopic (exact) mass is 229 g/mol. The smallest absolute Gasteiger partial charge is 0.0606 e. The fourth-order valence-corrected chi connectivity index (χ4v) is 1.94. The van der Waals surface area contributed by atoms with Gasteiger partial charge in [-0.1, -0.05) is 0 Å². The summed E-state index contributed by atoms with van der Waals surface area (Å²) in [5, 5.41) is 3.46. The number of nitrogens with zero attached hydrogens (tertiary/aromatic N) is 2. The molecule has 2 aromatic rings. The topological polar surface area (TPSA) is 29.9 Å². The summed E-state index contributed by atoms with van der Waals surface area (Å²) >= 11 is 0. The molecule has 2 aromatic heterocycles. The van der Waals surface area contributed by atoms with Gasteiger partial charge in [0.15, 0.2) is 0 Å². The maximum absolute atomic E-state index is 4.31. The van der Waals surface area contributed by atoms with Gasteiger partial charge in [0, 0.05) is 31.7 Å². The highest BCUT2D eigenvalue weighted by atomic mass is 14.9. The summed E-state index contributed by atoms with van der Waals surface area (Å²) in [7, 11) is 0. The van der Waals surface area contributed by atoms with Crippen LogP contribution in [-0.2, 0) is 13.1 Å². The van der Waals surface area contributed by atoms with Gasteiger partial charge in [-0.2, -0.15) is 0 Å². The van der Waals surface area contributed by atoms with Gasteiger partial charge in [-0.15, -0.1) is 0 Å². The molecule has 2 rings (SSSR count). The molecule has 0 fully saturated rings. The second kappa shape index (κ2) is 5.04. The van der Waals surface area contributed by atoms with Crippen molar-refractivity contribution in [3.05, 3.63) is 47.5 Å². The van der Waals surface area contributed by atoms with Gasteiger partial charge in [0.1, 0.15) is 0 Å². The predicted octanol–water partition coefficient (Wildman–Crippen LogP) is 3.13. The van der Waals surface area contributed by atoms with Crippen LogP contribution in [0.2, 0.25) is 0 Å². The number of aromatic nitrogens is 2. The summed E-state index contributed by atoms with van der Waals surface area (Å²) in [4.78, 5) is 4.31. The Morgan fingerprint density at radius 1 is 1.29 bits per heavy atom. The van der Waals surface area contributed by atoms with Crippen LogP contribution < -0.4 is 5.32 Å². The molecule has 0 atom stereocenters. The van der Waals surface area contributed by atoms with Crippen LogP contribution in [0.4, 0.5) is 5.69 Å². The van der Waals surface area contributed by atoms with Gasteiger partial charge in [0.05, 0.1) is 11.4 Å². The normalized spacial score (nSPS) is 10.5. The zero-order chi connectivity index (χ0) is 12.3. The third kappa shape index (κ3) is 2.67. The van der Waals surface area contributed by atoms with E-state index in [9.17, 15) is 0 Å². The third-order valence-electron chi connectivity index (χ3n) is 3.00. The summed E-state index contributed by atoms with van der Waals surface area (Å²) in [5.74, 6) is 0. The van der Waals surface area contributed by atoms with Crippen LogP contribution in [0, 0.1) is 13.8 Å². The molecule has 0 aromatic carbocycles. The summed E-state index contributed by atoms with van der Waals surface area (Å²) in [6, 6.07) is 4.18. The Hall–Kier alpha value is -1.77. The van der Waals surface area contributed by atoms with E-state index in [0.29, 0.717) is 0 Å². The molecular formula is C14H19N3. The third-order valence-corrected chi connectivity index (χ3v) is 3.00. The van der Waals surface area contributed by atoms with Crippen molar-refractivity contribution in [2.75, 3.05) is 5.32 Å². The molecule has 0 saturated heterocycles. The number of aryl methyl sites for hydroxylation is 3. The van der Waals surface area contributed by atoms with E-state index < -0.39 is 0 Å². The fraction of sp³-hybridized carbons (Fsp3) is 0.357. The Bertz CT molecular complexity index is 480. The lowest BCUT2D eigenvalue weighted by atomic mass is 10.2. The Kier molecular flexibility index (Phi) is 3.47. The molecule has 2 heterocycles. The summed E-state index contributed by atoms with van der Waals surface area (Å²) in [6.45, 7) is 8.15. The van der Waals surface area contributed by atoms with Crippen molar-refractivity contribution < 1.29 is 0 Å². The van der Waals surface area contributed by atoms with Gasteiger partial charge in [-0.3, -0.25) is 4.98 Å². The van der Waals surface area contributed by atoms with Gasteiger partial charge in [-0.25, -0.2) is 0 Å². The first kappa shape index (κ1) is 11.7. The quantitative estimate of drug-likeness (QED) is 0.873. The van der Waals surface area contributed by atoms with Crippen molar-refractivity contribution in [3.8, 4) is 0 Å². The minimum Gasteiger partial charge on any atom is -0.379 e. The Labute approximate surface area is 103 Å². The lowest BCUT2D eigenvalue weighted by molar-refractivity contribution is 0.766. The lowest BCUT2D eigenvalue weighted by Gasteiger charge is -2.10. The Balaban J connectivity index is 2.07. The van der Waals surface area contributed by atoms with Crippen molar-refractivity contribution in [3.63, 3.8) is 0 Å². The van der Waals surface area contributed by atoms with Crippen LogP contribution in [0.25, 0.3) is 0 Å². The molecule has 0 radical (unpaired) electrons. The van der Waals surface area contributed by atoms with Crippen molar-refractivity contribution >= 4 is 5.69 Å². The number of anilines is 1. The molecule has 1 N–H and O–H groups in total. The minimum atomic E-state index is 0.848. The lowest BCUT2D eigenvalue weighted by Crippen LogP contribution is -2.03. The number of rotatable bonds is 4. The standard InChI is InChI=1S/C14H19N3/c1-4-17-8-6-13(10-17)9-16-14-11(2)5-7-15-12(14)3/h5-8,10,16H,4,9H2,1-3H3. The summed E-state index contributed by atoms with van der Waals surface area (Å²) < 4.78 is 2.18. The van der Waals surface area contributed by atoms with E-state index in [1.165, 1.54) is 11.1 Å². The molecule has 0 unspecified atom stereocenters. The first-order valence-corrected chi connectivity index (χ1v) is 6.01. The highest BCUT2D eigenvalue weighted by Gasteiger charge is 2.03. The Morgan fingerprint density at radius 2 is 2.12 bits per heavy atom. The summed E-state index contributed by atoms with van der Waals surface area (Å²) in [5.41, 5.74) is 4.75. The average molecular weight is 229 g/mol. The number of nitrogens with one attached hydrogen (secondary N) is 1. The van der Waals surface area contributed by atoms with E-state index in [1.807, 2.05) is 19.2 Å². The molecule has 0 aliphatic rings. The SMILES string of the molecule is CCn1ccc(CNc2c(C)ccnc2C)c1. The van der Waals surface area contributed by atoms with Crippen LogP contribution in [0.1, 0.15) is 23.7 Å². The molecule has 3 nitrogen and oxygen atoms in total. The zero-order valence-corrected chi connectivity index (χ0v) is 10.7. The maximum atomic E-state index is 4.31. The minimum absolute atomic E-state index is 0.848. The first-order valence-electron chi connectivity index (χ1n) is 6.01. The molecule has 17 heavy (non-hydrogen) atoms. The van der Waals surface area contributed by atoms with Crippen molar-refractivity contribution in [1.82, 2.24) is 9.55 Å². The second-order valence-corrected chi connectivity index (χ2v) is 4.29. The number of hydrogen-bond acceptors (Lipinski definition) is 2. The number of pyridine rings is 1. The fourth-order valence-electron chi connectivity index (χ4n) is 1.94. The highest BCUT2D eigenvalue weighted by Crippen LogP contribution is 2.18. The van der Waals surface area contributed by atoms with E-state index in [-0.39, 0.29) is 0 Å². The van der Waals surface area contributed by atoms with Gasteiger partial charge < -0.3 is 9.88 Å². The van der Waals surface area contributed by atoms with Crippen LogP contribution in [0.15, 0.2) is 30.7 Å². The molecule has 0 bridgehead atoms. The molecule has 0 aliphatic carbocycles. The molecule has 0 amide bonds. The summed E-state index contributed by atoms with van der Waals surface area (Å²) in [6.07, 6.45) is 6.14. The van der Waals surface area contributed by atoms with E-state index in [0.717, 1.165) is 24.5 Å². The van der Waals surface area contributed by atoms with Crippen LogP contribution in [-0.4, -0.2) is 9.55 Å². The zero-order valence-electron chi connectivity index (χ0n) is 10.7. The van der Waals surface area contributed by atoms with Crippen LogP contribution in [0.3, 0.4) is 0 Å².